The predicted molar refractivity (Wildman–Crippen MR) is 105 cm³/mol. The van der Waals surface area contributed by atoms with E-state index in [4.69, 9.17) is 4.74 Å². The fraction of sp³-hybridized carbons (Fsp3) is 0.619. The molecule has 1 amide bonds. The highest BCUT2D eigenvalue weighted by atomic mass is 16.5. The molecule has 0 aliphatic rings. The first kappa shape index (κ1) is 22.2. The summed E-state index contributed by atoms with van der Waals surface area (Å²) in [5.74, 6) is -0.113. The van der Waals surface area contributed by atoms with E-state index < -0.39 is 0 Å². The second kappa shape index (κ2) is 12.5. The van der Waals surface area contributed by atoms with Crippen molar-refractivity contribution in [2.24, 2.45) is 0 Å². The summed E-state index contributed by atoms with van der Waals surface area (Å²) in [7, 11) is 4.04. The first-order chi connectivity index (χ1) is 12.4. The van der Waals surface area contributed by atoms with Crippen molar-refractivity contribution in [1.82, 2.24) is 9.80 Å². The molecule has 5 heteroatoms. The molecule has 5 nitrogen and oxygen atoms in total. The number of esters is 1. The van der Waals surface area contributed by atoms with E-state index in [1.807, 2.05) is 19.0 Å². The molecule has 0 spiro atoms. The molecular formula is C21H34N2O3. The van der Waals surface area contributed by atoms with Gasteiger partial charge in [-0.05, 0) is 59.3 Å². The normalized spacial score (nSPS) is 10.8. The molecule has 0 N–H and O–H groups in total. The van der Waals surface area contributed by atoms with Crippen LogP contribution in [0, 0.1) is 6.92 Å². The Morgan fingerprint density at radius 2 is 1.65 bits per heavy atom. The molecule has 0 heterocycles. The summed E-state index contributed by atoms with van der Waals surface area (Å²) in [6, 6.07) is 8.44. The molecule has 0 aliphatic heterocycles. The third-order valence-corrected chi connectivity index (χ3v) is 4.25. The van der Waals surface area contributed by atoms with Gasteiger partial charge < -0.3 is 14.5 Å². The first-order valence-electron chi connectivity index (χ1n) is 9.56. The summed E-state index contributed by atoms with van der Waals surface area (Å²) in [4.78, 5) is 28.1. The quantitative estimate of drug-likeness (QED) is 0.536. The van der Waals surface area contributed by atoms with Crippen LogP contribution in [0.2, 0.25) is 0 Å². The number of aryl methyl sites for hydroxylation is 2. The number of carbonyl (C=O) groups is 2. The molecule has 0 aromatic heterocycles. The summed E-state index contributed by atoms with van der Waals surface area (Å²) in [5.41, 5.74) is 2.50. The number of hydrogen-bond acceptors (Lipinski definition) is 4. The molecule has 0 unspecified atom stereocenters. The maximum absolute atomic E-state index is 12.6. The molecular weight excluding hydrogens is 328 g/mol. The van der Waals surface area contributed by atoms with Gasteiger partial charge in [-0.15, -0.1) is 0 Å². The van der Waals surface area contributed by atoms with Crippen LogP contribution in [0.4, 0.5) is 0 Å². The second-order valence-corrected chi connectivity index (χ2v) is 6.93. The summed E-state index contributed by atoms with van der Waals surface area (Å²) < 4.78 is 4.98. The van der Waals surface area contributed by atoms with Gasteiger partial charge in [0.15, 0.2) is 0 Å². The van der Waals surface area contributed by atoms with Gasteiger partial charge in [0.25, 0.3) is 0 Å². The van der Waals surface area contributed by atoms with Gasteiger partial charge in [-0.3, -0.25) is 9.59 Å². The van der Waals surface area contributed by atoms with Crippen LogP contribution in [0.25, 0.3) is 0 Å². The molecule has 0 aliphatic carbocycles. The summed E-state index contributed by atoms with van der Waals surface area (Å²) in [6.45, 7) is 6.29. The second-order valence-electron chi connectivity index (χ2n) is 6.93. The van der Waals surface area contributed by atoms with E-state index in [1.165, 1.54) is 11.1 Å². The summed E-state index contributed by atoms with van der Waals surface area (Å²) >= 11 is 0. The number of carbonyl (C=O) groups excluding carboxylic acids is 2. The minimum Gasteiger partial charge on any atom is -0.466 e. The minimum absolute atomic E-state index is 0.125. The van der Waals surface area contributed by atoms with E-state index >= 15 is 0 Å². The lowest BCUT2D eigenvalue weighted by Gasteiger charge is -2.23. The maximum atomic E-state index is 12.6. The van der Waals surface area contributed by atoms with E-state index in [2.05, 4.69) is 36.1 Å². The van der Waals surface area contributed by atoms with Crippen molar-refractivity contribution in [1.29, 1.82) is 0 Å². The van der Waals surface area contributed by atoms with Crippen molar-refractivity contribution in [3.05, 3.63) is 35.4 Å². The van der Waals surface area contributed by atoms with Crippen LogP contribution in [-0.4, -0.2) is 62.0 Å². The first-order valence-corrected chi connectivity index (χ1v) is 9.56. The van der Waals surface area contributed by atoms with Gasteiger partial charge in [-0.1, -0.05) is 29.8 Å². The van der Waals surface area contributed by atoms with Gasteiger partial charge in [-0.25, -0.2) is 0 Å². The van der Waals surface area contributed by atoms with Crippen molar-refractivity contribution in [2.75, 3.05) is 40.3 Å². The van der Waals surface area contributed by atoms with Crippen molar-refractivity contribution in [3.8, 4) is 0 Å². The van der Waals surface area contributed by atoms with Gasteiger partial charge in [0.2, 0.25) is 5.91 Å². The van der Waals surface area contributed by atoms with Crippen LogP contribution in [0.1, 0.15) is 43.7 Å². The molecule has 0 radical (unpaired) electrons. The van der Waals surface area contributed by atoms with Gasteiger partial charge in [-0.2, -0.15) is 0 Å². The molecule has 0 bridgehead atoms. The number of ether oxygens (including phenoxy) is 1. The highest BCUT2D eigenvalue weighted by Crippen LogP contribution is 2.09. The van der Waals surface area contributed by atoms with Gasteiger partial charge in [0.05, 0.1) is 13.0 Å². The average molecular weight is 363 g/mol. The Labute approximate surface area is 158 Å². The van der Waals surface area contributed by atoms with E-state index in [0.717, 1.165) is 25.8 Å². The van der Waals surface area contributed by atoms with Crippen molar-refractivity contribution < 1.29 is 14.3 Å². The number of rotatable bonds is 12. The summed E-state index contributed by atoms with van der Waals surface area (Å²) in [6.07, 6.45) is 3.40. The fourth-order valence-corrected chi connectivity index (χ4v) is 2.76. The standard InChI is InChI=1S/C21H34N2O3/c1-5-26-21(25)14-17-23(16-7-15-22(3)4)20(24)9-6-8-19-12-10-18(2)11-13-19/h10-13H,5-9,14-17H2,1-4H3. The van der Waals surface area contributed by atoms with Crippen molar-refractivity contribution in [2.45, 2.75) is 46.0 Å². The van der Waals surface area contributed by atoms with Gasteiger partial charge >= 0.3 is 5.97 Å². The molecule has 0 atom stereocenters. The van der Waals surface area contributed by atoms with E-state index in [-0.39, 0.29) is 18.3 Å². The zero-order chi connectivity index (χ0) is 19.4. The van der Waals surface area contributed by atoms with E-state index in [0.29, 0.717) is 26.1 Å². The lowest BCUT2D eigenvalue weighted by atomic mass is 10.1. The van der Waals surface area contributed by atoms with Crippen LogP contribution in [-0.2, 0) is 20.7 Å². The number of hydrogen-bond donors (Lipinski definition) is 0. The Kier molecular flexibility index (Phi) is 10.6. The molecule has 1 aromatic carbocycles. The lowest BCUT2D eigenvalue weighted by molar-refractivity contribution is -0.144. The number of nitrogens with zero attached hydrogens (tertiary/aromatic N) is 2. The Bertz CT molecular complexity index is 541. The SMILES string of the molecule is CCOC(=O)CCN(CCCN(C)C)C(=O)CCCc1ccc(C)cc1. The smallest absolute Gasteiger partial charge is 0.307 e. The molecule has 26 heavy (non-hydrogen) atoms. The minimum atomic E-state index is -0.238. The molecule has 1 aromatic rings. The zero-order valence-corrected chi connectivity index (χ0v) is 16.8. The van der Waals surface area contributed by atoms with Gasteiger partial charge in [0, 0.05) is 19.5 Å². The summed E-state index contributed by atoms with van der Waals surface area (Å²) in [5, 5.41) is 0. The highest BCUT2D eigenvalue weighted by molar-refractivity contribution is 5.77. The largest absolute Gasteiger partial charge is 0.466 e. The number of benzene rings is 1. The molecule has 1 rings (SSSR count). The fourth-order valence-electron chi connectivity index (χ4n) is 2.76. The van der Waals surface area contributed by atoms with Crippen molar-refractivity contribution in [3.63, 3.8) is 0 Å². The molecule has 0 fully saturated rings. The van der Waals surface area contributed by atoms with Crippen LogP contribution >= 0.6 is 0 Å². The third-order valence-electron chi connectivity index (χ3n) is 4.25. The Balaban J connectivity index is 2.46. The van der Waals surface area contributed by atoms with E-state index in [9.17, 15) is 9.59 Å². The monoisotopic (exact) mass is 362 g/mol. The lowest BCUT2D eigenvalue weighted by Crippen LogP contribution is -2.35. The number of amides is 1. The van der Waals surface area contributed by atoms with Crippen molar-refractivity contribution >= 4 is 11.9 Å². The maximum Gasteiger partial charge on any atom is 0.307 e. The predicted octanol–water partition coefficient (Wildman–Crippen LogP) is 3.05. The molecule has 146 valence electrons. The third kappa shape index (κ3) is 9.56. The Morgan fingerprint density at radius 3 is 2.27 bits per heavy atom. The van der Waals surface area contributed by atoms with Crippen LogP contribution < -0.4 is 0 Å². The van der Waals surface area contributed by atoms with Crippen LogP contribution in [0.3, 0.4) is 0 Å². The Hall–Kier alpha value is -1.88. The molecule has 0 saturated carbocycles. The topological polar surface area (TPSA) is 49.9 Å². The zero-order valence-electron chi connectivity index (χ0n) is 16.8. The van der Waals surface area contributed by atoms with Crippen LogP contribution in [0.15, 0.2) is 24.3 Å². The van der Waals surface area contributed by atoms with Crippen LogP contribution in [0.5, 0.6) is 0 Å². The van der Waals surface area contributed by atoms with Gasteiger partial charge in [0.1, 0.15) is 0 Å². The Morgan fingerprint density at radius 1 is 0.962 bits per heavy atom. The molecule has 0 saturated heterocycles. The van der Waals surface area contributed by atoms with E-state index in [1.54, 1.807) is 6.92 Å². The highest BCUT2D eigenvalue weighted by Gasteiger charge is 2.15. The average Bonchev–Trinajstić information content (AvgIpc) is 2.59.